The number of carbonyl (C=O) groups is 2. The first-order valence-corrected chi connectivity index (χ1v) is 20.2. The molecule has 9 nitrogen and oxygen atoms in total. The summed E-state index contributed by atoms with van der Waals surface area (Å²) in [5.74, 6) is -1.13. The molecule has 0 bridgehead atoms. The van der Waals surface area contributed by atoms with Crippen LogP contribution in [0.5, 0.6) is 0 Å². The number of fused-ring (bicyclic) bond motifs is 1. The van der Waals surface area contributed by atoms with Crippen molar-refractivity contribution >= 4 is 22.7 Å². The van der Waals surface area contributed by atoms with Crippen LogP contribution >= 0.6 is 0 Å². The smallest absolute Gasteiger partial charge is 0.268 e. The summed E-state index contributed by atoms with van der Waals surface area (Å²) in [6, 6.07) is 34.6. The fourth-order valence-electron chi connectivity index (χ4n) is 8.82. The Bertz CT molecular complexity index is 2170. The van der Waals surface area contributed by atoms with Crippen molar-refractivity contribution in [2.45, 2.75) is 87.6 Å². The topological polar surface area (TPSA) is 132 Å². The Morgan fingerprint density at radius 2 is 1.42 bits per heavy atom. The quantitative estimate of drug-likeness (QED) is 0.0702. The van der Waals surface area contributed by atoms with Gasteiger partial charge in [-0.25, -0.2) is 9.37 Å². The third-order valence-electron chi connectivity index (χ3n) is 12.0. The van der Waals surface area contributed by atoms with Gasteiger partial charge in [-0.15, -0.1) is 0 Å². The Labute approximate surface area is 332 Å². The standard InChI is InChI=1S/C47H50FN5O4/c48-37-23-24-39-33(26-37)27-41(50-39)45(56)52-42(46(57)51-40(25-31-13-5-1-6-14-31)44(55)43(54)32-21-22-32)28-38-29-53(30-49-38)47(34-15-7-2-8-16-34,35-17-9-3-10-18-35)36-19-11-4-12-20-36/h2-4,7-12,15-20,23-24,26-27,29-32,40,42-44,50,54-55H,1,5-6,13-14,21-22,25,28H2,(H,51,57)(H,52,56)/t40-,42-,43-,44+/m0/s1. The van der Waals surface area contributed by atoms with Gasteiger partial charge < -0.3 is 30.4 Å². The van der Waals surface area contributed by atoms with Gasteiger partial charge in [-0.3, -0.25) is 9.59 Å². The molecule has 8 rings (SSSR count). The summed E-state index contributed by atoms with van der Waals surface area (Å²) in [5.41, 5.74) is 3.53. The van der Waals surface area contributed by atoms with Gasteiger partial charge in [0.25, 0.3) is 5.91 Å². The van der Waals surface area contributed by atoms with E-state index in [0.29, 0.717) is 28.9 Å². The van der Waals surface area contributed by atoms with E-state index in [9.17, 15) is 24.2 Å². The van der Waals surface area contributed by atoms with Gasteiger partial charge in [0.15, 0.2) is 0 Å². The van der Waals surface area contributed by atoms with E-state index >= 15 is 0 Å². The zero-order valence-electron chi connectivity index (χ0n) is 31.9. The SMILES string of the molecule is O=C(N[C@@H](Cc1cn(C(c2ccccc2)(c2ccccc2)c2ccccc2)cn1)C(=O)N[C@@H](CC1CCCCC1)[C@@H](O)[C@@H](O)C1CC1)c1cc2cc(F)ccc2[nH]1. The summed E-state index contributed by atoms with van der Waals surface area (Å²) in [6.45, 7) is 0. The van der Waals surface area contributed by atoms with Crippen molar-refractivity contribution in [3.63, 3.8) is 0 Å². The number of H-pyrrole nitrogens is 1. The molecular formula is C47H50FN5O4. The third kappa shape index (κ3) is 8.29. The predicted molar refractivity (Wildman–Crippen MR) is 218 cm³/mol. The first-order valence-electron chi connectivity index (χ1n) is 20.2. The second kappa shape index (κ2) is 16.9. The molecule has 2 aliphatic carbocycles. The number of aromatic nitrogens is 3. The number of imidazole rings is 1. The van der Waals surface area contributed by atoms with E-state index in [1.165, 1.54) is 18.6 Å². The molecule has 2 fully saturated rings. The van der Waals surface area contributed by atoms with Gasteiger partial charge in [-0.1, -0.05) is 123 Å². The highest BCUT2D eigenvalue weighted by molar-refractivity contribution is 6.00. The molecule has 4 atom stereocenters. The average molecular weight is 768 g/mol. The molecule has 0 radical (unpaired) electrons. The lowest BCUT2D eigenvalue weighted by atomic mass is 9.77. The number of benzene rings is 4. The van der Waals surface area contributed by atoms with Gasteiger partial charge in [0, 0.05) is 23.5 Å². The van der Waals surface area contributed by atoms with Crippen LogP contribution in [-0.4, -0.2) is 60.9 Å². The summed E-state index contributed by atoms with van der Waals surface area (Å²) in [5, 5.41) is 29.2. The molecule has 2 saturated carbocycles. The minimum absolute atomic E-state index is 0.0104. The van der Waals surface area contributed by atoms with E-state index in [-0.39, 0.29) is 18.0 Å². The van der Waals surface area contributed by atoms with Crippen molar-refractivity contribution in [3.8, 4) is 0 Å². The van der Waals surface area contributed by atoms with Crippen molar-refractivity contribution in [1.82, 2.24) is 25.2 Å². The molecule has 0 saturated heterocycles. The van der Waals surface area contributed by atoms with Crippen molar-refractivity contribution in [3.05, 3.63) is 162 Å². The molecule has 2 amide bonds. The molecule has 0 spiro atoms. The Morgan fingerprint density at radius 3 is 2.02 bits per heavy atom. The lowest BCUT2D eigenvalue weighted by Crippen LogP contribution is -2.56. The van der Waals surface area contributed by atoms with Crippen LogP contribution in [0.15, 0.2) is 128 Å². The molecule has 0 aliphatic heterocycles. The molecule has 2 heterocycles. The normalized spacial score (nSPS) is 17.1. The Morgan fingerprint density at radius 1 is 0.807 bits per heavy atom. The van der Waals surface area contributed by atoms with Crippen molar-refractivity contribution in [1.29, 1.82) is 0 Å². The van der Waals surface area contributed by atoms with Crippen LogP contribution in [0.2, 0.25) is 0 Å². The largest absolute Gasteiger partial charge is 0.390 e. The number of nitrogens with zero attached hydrogens (tertiary/aromatic N) is 2. The number of amides is 2. The Hall–Kier alpha value is -5.58. The number of hydrogen-bond donors (Lipinski definition) is 5. The van der Waals surface area contributed by atoms with Gasteiger partial charge in [0.2, 0.25) is 5.91 Å². The van der Waals surface area contributed by atoms with Crippen LogP contribution in [0.1, 0.15) is 84.2 Å². The molecule has 0 unspecified atom stereocenters. The molecule has 5 N–H and O–H groups in total. The maximum atomic E-state index is 14.6. The van der Waals surface area contributed by atoms with E-state index in [2.05, 4.69) is 56.6 Å². The number of nitrogens with one attached hydrogen (secondary N) is 3. The van der Waals surface area contributed by atoms with Gasteiger partial charge in [0.1, 0.15) is 29.2 Å². The van der Waals surface area contributed by atoms with E-state index in [4.69, 9.17) is 4.98 Å². The van der Waals surface area contributed by atoms with Crippen LogP contribution < -0.4 is 10.6 Å². The second-order valence-electron chi connectivity index (χ2n) is 15.9. The molecule has 2 aliphatic rings. The van der Waals surface area contributed by atoms with Gasteiger partial charge in [-0.2, -0.15) is 0 Å². The summed E-state index contributed by atoms with van der Waals surface area (Å²) < 4.78 is 16.1. The number of carbonyl (C=O) groups excluding carboxylic acids is 2. The minimum atomic E-state index is -1.15. The average Bonchev–Trinajstić information content (AvgIpc) is 3.85. The van der Waals surface area contributed by atoms with Gasteiger partial charge in [-0.05, 0) is 72.1 Å². The molecule has 4 aromatic carbocycles. The number of hydrogen-bond acceptors (Lipinski definition) is 5. The zero-order valence-corrected chi connectivity index (χ0v) is 31.9. The Balaban J connectivity index is 1.15. The lowest BCUT2D eigenvalue weighted by molar-refractivity contribution is -0.125. The van der Waals surface area contributed by atoms with Crippen LogP contribution in [0, 0.1) is 17.7 Å². The fourth-order valence-corrected chi connectivity index (χ4v) is 8.82. The number of aliphatic hydroxyl groups is 2. The summed E-state index contributed by atoms with van der Waals surface area (Å²) >= 11 is 0. The number of rotatable bonds is 15. The first kappa shape index (κ1) is 38.3. The molecule has 294 valence electrons. The summed E-state index contributed by atoms with van der Waals surface area (Å²) in [6.07, 6.45) is 9.22. The van der Waals surface area contributed by atoms with E-state index in [1.807, 2.05) is 60.8 Å². The van der Waals surface area contributed by atoms with Gasteiger partial charge >= 0.3 is 0 Å². The summed E-state index contributed by atoms with van der Waals surface area (Å²) in [4.78, 5) is 36.4. The fraction of sp³-hybridized carbons (Fsp3) is 0.340. The van der Waals surface area contributed by atoms with Crippen LogP contribution in [0.25, 0.3) is 10.9 Å². The van der Waals surface area contributed by atoms with Crippen molar-refractivity contribution in [2.24, 2.45) is 11.8 Å². The lowest BCUT2D eigenvalue weighted by Gasteiger charge is -2.37. The van der Waals surface area contributed by atoms with E-state index < -0.39 is 47.5 Å². The third-order valence-corrected chi connectivity index (χ3v) is 12.0. The maximum Gasteiger partial charge on any atom is 0.268 e. The molecule has 2 aromatic heterocycles. The molecular weight excluding hydrogens is 718 g/mol. The highest BCUT2D eigenvalue weighted by Gasteiger charge is 2.41. The predicted octanol–water partition coefficient (Wildman–Crippen LogP) is 7.27. The van der Waals surface area contributed by atoms with Crippen LogP contribution in [0.3, 0.4) is 0 Å². The van der Waals surface area contributed by atoms with Crippen LogP contribution in [-0.2, 0) is 16.8 Å². The minimum Gasteiger partial charge on any atom is -0.390 e. The number of aromatic amines is 1. The number of halogens is 1. The monoisotopic (exact) mass is 767 g/mol. The molecule has 57 heavy (non-hydrogen) atoms. The molecule has 10 heteroatoms. The zero-order chi connectivity index (χ0) is 39.4. The van der Waals surface area contributed by atoms with Gasteiger partial charge in [0.05, 0.1) is 24.2 Å². The Kier molecular flexibility index (Phi) is 11.3. The van der Waals surface area contributed by atoms with Crippen molar-refractivity contribution in [2.75, 3.05) is 0 Å². The van der Waals surface area contributed by atoms with Crippen molar-refractivity contribution < 1.29 is 24.2 Å². The highest BCUT2D eigenvalue weighted by Crippen LogP contribution is 2.41. The first-order chi connectivity index (χ1) is 27.8. The van der Waals surface area contributed by atoms with E-state index in [0.717, 1.165) is 55.2 Å². The second-order valence-corrected chi connectivity index (χ2v) is 15.9. The summed E-state index contributed by atoms with van der Waals surface area (Å²) in [7, 11) is 0. The number of aliphatic hydroxyl groups excluding tert-OH is 2. The van der Waals surface area contributed by atoms with E-state index in [1.54, 1.807) is 18.5 Å². The highest BCUT2D eigenvalue weighted by atomic mass is 19.1. The maximum absolute atomic E-state index is 14.6. The van der Waals surface area contributed by atoms with Crippen LogP contribution in [0.4, 0.5) is 4.39 Å². The molecule has 6 aromatic rings.